The van der Waals surface area contributed by atoms with Gasteiger partial charge in [-0.3, -0.25) is 14.9 Å². The van der Waals surface area contributed by atoms with E-state index >= 15 is 0 Å². The van der Waals surface area contributed by atoms with Gasteiger partial charge >= 0.3 is 0 Å². The van der Waals surface area contributed by atoms with Gasteiger partial charge in [-0.05, 0) is 40.2 Å². The number of halogens is 3. The summed E-state index contributed by atoms with van der Waals surface area (Å²) in [6.45, 7) is 0. The Labute approximate surface area is 165 Å². The molecule has 0 saturated carbocycles. The summed E-state index contributed by atoms with van der Waals surface area (Å²) < 4.78 is 6.86. The van der Waals surface area contributed by atoms with E-state index in [1.165, 1.54) is 31.4 Å². The number of carbonyl (C=O) groups is 1. The Kier molecular flexibility index (Phi) is 6.57. The van der Waals surface area contributed by atoms with Crippen LogP contribution in [0.15, 0.2) is 45.4 Å². The van der Waals surface area contributed by atoms with Crippen molar-refractivity contribution in [3.05, 3.63) is 66.1 Å². The van der Waals surface area contributed by atoms with Gasteiger partial charge in [0, 0.05) is 28.2 Å². The Bertz CT molecular complexity index is 871. The lowest BCUT2D eigenvalue weighted by atomic mass is 10.2. The van der Waals surface area contributed by atoms with Crippen LogP contribution in [0.25, 0.3) is 6.08 Å². The second kappa shape index (κ2) is 8.46. The highest BCUT2D eigenvalue weighted by atomic mass is 79.9. The van der Waals surface area contributed by atoms with Crippen LogP contribution in [-0.2, 0) is 4.79 Å². The first kappa shape index (κ1) is 19.4. The fourth-order valence-corrected chi connectivity index (χ4v) is 3.62. The molecule has 9 heteroatoms. The Morgan fingerprint density at radius 1 is 1.32 bits per heavy atom. The van der Waals surface area contributed by atoms with Gasteiger partial charge in [0.1, 0.15) is 5.75 Å². The number of carbonyl (C=O) groups excluding carboxylic acids is 1. The topological polar surface area (TPSA) is 81.5 Å². The molecule has 0 atom stereocenters. The number of non-ortho nitro benzene ring substituents is 1. The van der Waals surface area contributed by atoms with E-state index in [2.05, 4.69) is 37.2 Å². The number of anilines is 1. The molecule has 1 N–H and O–H groups in total. The maximum atomic E-state index is 12.1. The van der Waals surface area contributed by atoms with Crippen LogP contribution in [-0.4, -0.2) is 17.9 Å². The molecule has 2 aromatic rings. The highest BCUT2D eigenvalue weighted by Gasteiger charge is 2.11. The molecule has 0 aliphatic carbocycles. The zero-order valence-electron chi connectivity index (χ0n) is 12.8. The lowest BCUT2D eigenvalue weighted by Gasteiger charge is -2.08. The second-order valence-electron chi connectivity index (χ2n) is 4.75. The molecule has 0 bridgehead atoms. The van der Waals surface area contributed by atoms with Gasteiger partial charge in [-0.2, -0.15) is 0 Å². The average molecular weight is 491 g/mol. The third-order valence-electron chi connectivity index (χ3n) is 3.08. The second-order valence-corrected chi connectivity index (χ2v) is 6.93. The van der Waals surface area contributed by atoms with E-state index < -0.39 is 10.8 Å². The number of amides is 1. The normalized spacial score (nSPS) is 10.7. The molecule has 0 radical (unpaired) electrons. The van der Waals surface area contributed by atoms with Crippen molar-refractivity contribution in [3.8, 4) is 5.75 Å². The van der Waals surface area contributed by atoms with Crippen molar-refractivity contribution in [1.29, 1.82) is 0 Å². The van der Waals surface area contributed by atoms with Crippen LogP contribution in [0.1, 0.15) is 5.56 Å². The molecule has 0 heterocycles. The molecule has 0 aliphatic rings. The minimum atomic E-state index is -0.561. The van der Waals surface area contributed by atoms with E-state index in [1.807, 2.05) is 6.07 Å². The molecule has 130 valence electrons. The third-order valence-corrected chi connectivity index (χ3v) is 4.44. The molecule has 1 amide bonds. The number of nitrogens with zero attached hydrogens (tertiary/aromatic N) is 1. The van der Waals surface area contributed by atoms with Crippen molar-refractivity contribution >= 4 is 66.8 Å². The number of hydrogen-bond acceptors (Lipinski definition) is 4. The quantitative estimate of drug-likeness (QED) is 0.344. The van der Waals surface area contributed by atoms with Gasteiger partial charge in [0.25, 0.3) is 5.69 Å². The van der Waals surface area contributed by atoms with Crippen molar-refractivity contribution in [2.75, 3.05) is 12.4 Å². The van der Waals surface area contributed by atoms with Crippen LogP contribution >= 0.6 is 43.5 Å². The molecule has 0 saturated heterocycles. The number of hydrogen-bond donors (Lipinski definition) is 1. The summed E-state index contributed by atoms with van der Waals surface area (Å²) in [5.41, 5.74) is 0.820. The monoisotopic (exact) mass is 488 g/mol. The zero-order chi connectivity index (χ0) is 18.6. The van der Waals surface area contributed by atoms with Gasteiger partial charge in [0.05, 0.1) is 27.2 Å². The summed E-state index contributed by atoms with van der Waals surface area (Å²) in [6.07, 6.45) is 2.90. The molecule has 25 heavy (non-hydrogen) atoms. The van der Waals surface area contributed by atoms with Gasteiger partial charge in [0.2, 0.25) is 5.91 Å². The number of ether oxygens (including phenoxy) is 1. The Morgan fingerprint density at radius 3 is 2.64 bits per heavy atom. The van der Waals surface area contributed by atoms with E-state index in [1.54, 1.807) is 12.1 Å². The molecular weight excluding hydrogens is 479 g/mol. The van der Waals surface area contributed by atoms with Gasteiger partial charge < -0.3 is 10.1 Å². The minimum absolute atomic E-state index is 0.0822. The van der Waals surface area contributed by atoms with Crippen molar-refractivity contribution < 1.29 is 14.5 Å². The third kappa shape index (κ3) is 5.04. The highest BCUT2D eigenvalue weighted by molar-refractivity contribution is 9.11. The van der Waals surface area contributed by atoms with Gasteiger partial charge in [0.15, 0.2) is 0 Å². The van der Waals surface area contributed by atoms with Crippen LogP contribution < -0.4 is 10.1 Å². The standard InChI is InChI=1S/C16H11Br2ClN2O4/c1-25-16-9(6-10(17)7-12(16)18)2-5-15(22)20-14-4-3-11(21(23)24)8-13(14)19/h2-8H,1H3,(H,20,22)/b5-2+. The van der Waals surface area contributed by atoms with Crippen LogP contribution in [0.2, 0.25) is 5.02 Å². The van der Waals surface area contributed by atoms with Gasteiger partial charge in [-0.15, -0.1) is 0 Å². The number of methoxy groups -OCH3 is 1. The van der Waals surface area contributed by atoms with Crippen molar-refractivity contribution in [1.82, 2.24) is 0 Å². The number of nitrogens with one attached hydrogen (secondary N) is 1. The van der Waals surface area contributed by atoms with Crippen LogP contribution in [0, 0.1) is 10.1 Å². The Balaban J connectivity index is 2.18. The molecule has 2 aromatic carbocycles. The lowest BCUT2D eigenvalue weighted by Crippen LogP contribution is -2.08. The average Bonchev–Trinajstić information content (AvgIpc) is 2.54. The molecular formula is C16H11Br2ClN2O4. The fraction of sp³-hybridized carbons (Fsp3) is 0.0625. The molecule has 0 fully saturated rings. The van der Waals surface area contributed by atoms with Crippen molar-refractivity contribution in [3.63, 3.8) is 0 Å². The predicted molar refractivity (Wildman–Crippen MR) is 104 cm³/mol. The van der Waals surface area contributed by atoms with Crippen LogP contribution in [0.3, 0.4) is 0 Å². The van der Waals surface area contributed by atoms with E-state index in [-0.39, 0.29) is 16.4 Å². The number of nitro groups is 1. The summed E-state index contributed by atoms with van der Waals surface area (Å²) in [5.74, 6) is 0.148. The molecule has 0 aliphatic heterocycles. The highest BCUT2D eigenvalue weighted by Crippen LogP contribution is 2.33. The number of nitro benzene ring substituents is 1. The minimum Gasteiger partial charge on any atom is -0.495 e. The van der Waals surface area contributed by atoms with E-state index in [4.69, 9.17) is 16.3 Å². The van der Waals surface area contributed by atoms with E-state index in [9.17, 15) is 14.9 Å². The smallest absolute Gasteiger partial charge is 0.271 e. The van der Waals surface area contributed by atoms with Crippen LogP contribution in [0.4, 0.5) is 11.4 Å². The lowest BCUT2D eigenvalue weighted by molar-refractivity contribution is -0.384. The Morgan fingerprint density at radius 2 is 2.04 bits per heavy atom. The molecule has 0 aromatic heterocycles. The number of rotatable bonds is 5. The predicted octanol–water partition coefficient (Wildman–Crippen LogP) is 5.43. The van der Waals surface area contributed by atoms with Crippen molar-refractivity contribution in [2.45, 2.75) is 0 Å². The first-order valence-corrected chi connectivity index (χ1v) is 8.74. The largest absolute Gasteiger partial charge is 0.495 e. The maximum absolute atomic E-state index is 12.1. The molecule has 0 unspecified atom stereocenters. The zero-order valence-corrected chi connectivity index (χ0v) is 16.7. The van der Waals surface area contributed by atoms with Crippen LogP contribution in [0.5, 0.6) is 5.75 Å². The van der Waals surface area contributed by atoms with Gasteiger partial charge in [-0.1, -0.05) is 27.5 Å². The van der Waals surface area contributed by atoms with E-state index in [0.29, 0.717) is 11.3 Å². The summed E-state index contributed by atoms with van der Waals surface area (Å²) in [7, 11) is 1.53. The Hall–Kier alpha value is -1.90. The SMILES string of the molecule is COc1c(Br)cc(Br)cc1/C=C/C(=O)Nc1ccc([N+](=O)[O-])cc1Cl. The maximum Gasteiger partial charge on any atom is 0.271 e. The molecule has 2 rings (SSSR count). The summed E-state index contributed by atoms with van der Waals surface area (Å²) in [4.78, 5) is 22.2. The number of benzene rings is 2. The summed E-state index contributed by atoms with van der Waals surface area (Å²) in [6, 6.07) is 7.44. The fourth-order valence-electron chi connectivity index (χ4n) is 1.98. The first-order valence-electron chi connectivity index (χ1n) is 6.78. The van der Waals surface area contributed by atoms with Crippen molar-refractivity contribution in [2.24, 2.45) is 0 Å². The molecule has 0 spiro atoms. The summed E-state index contributed by atoms with van der Waals surface area (Å²) in [5, 5.41) is 13.3. The van der Waals surface area contributed by atoms with Gasteiger partial charge in [-0.25, -0.2) is 0 Å². The summed E-state index contributed by atoms with van der Waals surface area (Å²) >= 11 is 12.7. The van der Waals surface area contributed by atoms with E-state index in [0.717, 1.165) is 8.95 Å². The molecule has 6 nitrogen and oxygen atoms in total. The first-order chi connectivity index (χ1) is 11.8.